The average Bonchev–Trinajstić information content (AvgIpc) is 2.78. The fourth-order valence-corrected chi connectivity index (χ4v) is 3.30. The monoisotopic (exact) mass is 264 g/mol. The lowest BCUT2D eigenvalue weighted by Crippen LogP contribution is -2.43. The Labute approximate surface area is 117 Å². The van der Waals surface area contributed by atoms with E-state index in [1.165, 1.54) is 31.2 Å². The second kappa shape index (κ2) is 6.10. The lowest BCUT2D eigenvalue weighted by molar-refractivity contribution is 0.105. The van der Waals surface area contributed by atoms with Crippen LogP contribution in [-0.4, -0.2) is 25.0 Å². The highest BCUT2D eigenvalue weighted by Gasteiger charge is 2.33. The number of hydrogen-bond acceptors (Lipinski definition) is 3. The quantitative estimate of drug-likeness (QED) is 0.888. The molecule has 108 valence electrons. The molecule has 2 rings (SSSR count). The van der Waals surface area contributed by atoms with Crippen molar-refractivity contribution in [3.63, 3.8) is 0 Å². The summed E-state index contributed by atoms with van der Waals surface area (Å²) in [6, 6.07) is 2.07. The zero-order valence-corrected chi connectivity index (χ0v) is 12.6. The van der Waals surface area contributed by atoms with Crippen molar-refractivity contribution in [2.45, 2.75) is 46.1 Å². The van der Waals surface area contributed by atoms with Gasteiger partial charge in [0.05, 0.1) is 6.26 Å². The molecule has 0 unspecified atom stereocenters. The van der Waals surface area contributed by atoms with Gasteiger partial charge in [-0.3, -0.25) is 0 Å². The van der Waals surface area contributed by atoms with E-state index in [9.17, 15) is 0 Å². The van der Waals surface area contributed by atoms with Gasteiger partial charge in [-0.05, 0) is 50.8 Å². The molecule has 3 heteroatoms. The van der Waals surface area contributed by atoms with E-state index in [2.05, 4.69) is 24.9 Å². The maximum atomic E-state index is 6.09. The van der Waals surface area contributed by atoms with Crippen LogP contribution in [0, 0.1) is 18.3 Å². The lowest BCUT2D eigenvalue weighted by Gasteiger charge is -2.41. The van der Waals surface area contributed by atoms with Crippen molar-refractivity contribution in [3.05, 3.63) is 23.7 Å². The molecule has 0 aliphatic heterocycles. The van der Waals surface area contributed by atoms with Gasteiger partial charge in [0.2, 0.25) is 0 Å². The van der Waals surface area contributed by atoms with Crippen molar-refractivity contribution in [2.75, 3.05) is 20.1 Å². The topological polar surface area (TPSA) is 42.4 Å². The van der Waals surface area contributed by atoms with Crippen LogP contribution in [0.2, 0.25) is 0 Å². The van der Waals surface area contributed by atoms with Crippen molar-refractivity contribution >= 4 is 0 Å². The van der Waals surface area contributed by atoms with E-state index in [0.717, 1.165) is 31.3 Å². The van der Waals surface area contributed by atoms with E-state index in [1.54, 1.807) is 6.26 Å². The second-order valence-corrected chi connectivity index (χ2v) is 6.56. The van der Waals surface area contributed by atoms with Gasteiger partial charge >= 0.3 is 0 Å². The van der Waals surface area contributed by atoms with Crippen LogP contribution in [0.25, 0.3) is 0 Å². The minimum absolute atomic E-state index is 0.332. The standard InChI is InChI=1S/C16H28N2O/c1-13-4-7-16(11-17,8-5-13)12-18(3)10-15-6-9-19-14(15)2/h6,9,13H,4-5,7-8,10-12,17H2,1-3H3. The van der Waals surface area contributed by atoms with E-state index in [4.69, 9.17) is 10.2 Å². The number of rotatable bonds is 5. The van der Waals surface area contributed by atoms with Gasteiger partial charge < -0.3 is 15.1 Å². The zero-order chi connectivity index (χ0) is 13.9. The summed E-state index contributed by atoms with van der Waals surface area (Å²) in [5.74, 6) is 1.91. The van der Waals surface area contributed by atoms with Crippen LogP contribution < -0.4 is 5.73 Å². The number of nitrogens with zero attached hydrogens (tertiary/aromatic N) is 1. The van der Waals surface area contributed by atoms with Gasteiger partial charge in [0.15, 0.2) is 0 Å². The van der Waals surface area contributed by atoms with Crippen LogP contribution in [0.1, 0.15) is 43.9 Å². The van der Waals surface area contributed by atoms with Crippen LogP contribution in [0.15, 0.2) is 16.7 Å². The molecule has 19 heavy (non-hydrogen) atoms. The molecule has 2 N–H and O–H groups in total. The Morgan fingerprint density at radius 1 is 1.42 bits per heavy atom. The Morgan fingerprint density at radius 3 is 2.63 bits per heavy atom. The highest BCUT2D eigenvalue weighted by atomic mass is 16.3. The third-order valence-corrected chi connectivity index (χ3v) is 4.78. The molecule has 1 aliphatic rings. The Morgan fingerprint density at radius 2 is 2.11 bits per heavy atom. The summed E-state index contributed by atoms with van der Waals surface area (Å²) >= 11 is 0. The SMILES string of the molecule is Cc1occc1CN(C)CC1(CN)CCC(C)CC1. The molecule has 1 fully saturated rings. The fraction of sp³-hybridized carbons (Fsp3) is 0.750. The summed E-state index contributed by atoms with van der Waals surface area (Å²) in [5.41, 5.74) is 7.71. The molecule has 0 amide bonds. The molecule has 0 radical (unpaired) electrons. The van der Waals surface area contributed by atoms with Gasteiger partial charge in [-0.2, -0.15) is 0 Å². The normalized spacial score (nSPS) is 27.9. The molecular formula is C16H28N2O. The van der Waals surface area contributed by atoms with Crippen molar-refractivity contribution < 1.29 is 4.42 Å². The van der Waals surface area contributed by atoms with E-state index in [0.29, 0.717) is 5.41 Å². The summed E-state index contributed by atoms with van der Waals surface area (Å²) in [4.78, 5) is 2.40. The third kappa shape index (κ3) is 3.61. The summed E-state index contributed by atoms with van der Waals surface area (Å²) in [6.45, 7) is 7.26. The molecular weight excluding hydrogens is 236 g/mol. The first-order valence-electron chi connectivity index (χ1n) is 7.46. The molecule has 0 spiro atoms. The summed E-state index contributed by atoms with van der Waals surface area (Å²) in [5, 5.41) is 0. The van der Waals surface area contributed by atoms with Crippen LogP contribution in [-0.2, 0) is 6.54 Å². The summed E-state index contributed by atoms with van der Waals surface area (Å²) < 4.78 is 5.37. The minimum Gasteiger partial charge on any atom is -0.469 e. The Hall–Kier alpha value is -0.800. The predicted molar refractivity (Wildman–Crippen MR) is 78.9 cm³/mol. The summed E-state index contributed by atoms with van der Waals surface area (Å²) in [6.07, 6.45) is 6.99. The first-order valence-corrected chi connectivity index (χ1v) is 7.46. The number of furan rings is 1. The molecule has 1 aromatic rings. The van der Waals surface area contributed by atoms with Gasteiger partial charge in [-0.25, -0.2) is 0 Å². The fourth-order valence-electron chi connectivity index (χ4n) is 3.30. The Balaban J connectivity index is 1.93. The van der Waals surface area contributed by atoms with Crippen LogP contribution >= 0.6 is 0 Å². The lowest BCUT2D eigenvalue weighted by atomic mass is 9.70. The molecule has 0 aromatic carbocycles. The van der Waals surface area contributed by atoms with Crippen molar-refractivity contribution in [1.29, 1.82) is 0 Å². The maximum Gasteiger partial charge on any atom is 0.105 e. The molecule has 1 saturated carbocycles. The molecule has 0 atom stereocenters. The molecule has 1 aromatic heterocycles. The third-order valence-electron chi connectivity index (χ3n) is 4.78. The second-order valence-electron chi connectivity index (χ2n) is 6.56. The molecule has 1 aliphatic carbocycles. The van der Waals surface area contributed by atoms with Crippen molar-refractivity contribution in [3.8, 4) is 0 Å². The molecule has 3 nitrogen and oxygen atoms in total. The van der Waals surface area contributed by atoms with Crippen molar-refractivity contribution in [1.82, 2.24) is 4.90 Å². The Kier molecular flexibility index (Phi) is 4.69. The first-order chi connectivity index (χ1) is 9.04. The van der Waals surface area contributed by atoms with Gasteiger partial charge in [0.1, 0.15) is 5.76 Å². The number of nitrogens with two attached hydrogens (primary N) is 1. The first kappa shape index (κ1) is 14.6. The average molecular weight is 264 g/mol. The van der Waals surface area contributed by atoms with Gasteiger partial charge in [0, 0.05) is 18.7 Å². The van der Waals surface area contributed by atoms with Crippen LogP contribution in [0.4, 0.5) is 0 Å². The van der Waals surface area contributed by atoms with Crippen molar-refractivity contribution in [2.24, 2.45) is 17.1 Å². The van der Waals surface area contributed by atoms with E-state index < -0.39 is 0 Å². The van der Waals surface area contributed by atoms with E-state index in [1.807, 2.05) is 6.92 Å². The highest BCUT2D eigenvalue weighted by Crippen LogP contribution is 2.38. The highest BCUT2D eigenvalue weighted by molar-refractivity contribution is 5.15. The smallest absolute Gasteiger partial charge is 0.105 e. The van der Waals surface area contributed by atoms with E-state index in [-0.39, 0.29) is 0 Å². The predicted octanol–water partition coefficient (Wildman–Crippen LogP) is 3.18. The van der Waals surface area contributed by atoms with Gasteiger partial charge in [0.25, 0.3) is 0 Å². The van der Waals surface area contributed by atoms with Crippen LogP contribution in [0.3, 0.4) is 0 Å². The van der Waals surface area contributed by atoms with E-state index >= 15 is 0 Å². The molecule has 0 bridgehead atoms. The van der Waals surface area contributed by atoms with Gasteiger partial charge in [-0.15, -0.1) is 0 Å². The zero-order valence-electron chi connectivity index (χ0n) is 12.6. The number of aryl methyl sites for hydroxylation is 1. The number of hydrogen-bond donors (Lipinski definition) is 1. The molecule has 0 saturated heterocycles. The Bertz CT molecular complexity index is 391. The molecule has 1 heterocycles. The summed E-state index contributed by atoms with van der Waals surface area (Å²) in [7, 11) is 2.20. The largest absolute Gasteiger partial charge is 0.469 e. The minimum atomic E-state index is 0.332. The van der Waals surface area contributed by atoms with Gasteiger partial charge in [-0.1, -0.05) is 19.8 Å². The van der Waals surface area contributed by atoms with Crippen LogP contribution in [0.5, 0.6) is 0 Å². The maximum absolute atomic E-state index is 6.09.